The molecule has 3 nitrogen and oxygen atoms in total. The van der Waals surface area contributed by atoms with E-state index in [1.165, 1.54) is 25.1 Å². The fourth-order valence-corrected chi connectivity index (χ4v) is 2.69. The maximum absolute atomic E-state index is 12.9. The summed E-state index contributed by atoms with van der Waals surface area (Å²) in [5.74, 6) is -0.631. The highest BCUT2D eigenvalue weighted by Gasteiger charge is 2.51. The van der Waals surface area contributed by atoms with Gasteiger partial charge in [0.2, 0.25) is 5.95 Å². The van der Waals surface area contributed by atoms with Crippen LogP contribution in [0.3, 0.4) is 0 Å². The molecule has 0 unspecified atom stereocenters. The Morgan fingerprint density at radius 2 is 2.06 bits per heavy atom. The number of hydrogen-bond donors (Lipinski definition) is 0. The molecule has 1 aromatic heterocycles. The van der Waals surface area contributed by atoms with Crippen LogP contribution in [0.4, 0.5) is 4.39 Å². The topological polar surface area (TPSA) is 33.0 Å². The van der Waals surface area contributed by atoms with E-state index < -0.39 is 5.95 Å². The van der Waals surface area contributed by atoms with Gasteiger partial charge in [0.25, 0.3) is 5.91 Å². The number of likely N-dealkylation sites (tertiary alicyclic amines) is 1. The third-order valence-corrected chi connectivity index (χ3v) is 3.53. The van der Waals surface area contributed by atoms with Crippen LogP contribution in [0.5, 0.6) is 0 Å². The fourth-order valence-electron chi connectivity index (χ4n) is 2.69. The van der Waals surface area contributed by atoms with E-state index in [1.807, 2.05) is 4.90 Å². The molecular weight excluding hydrogens is 207 g/mol. The molecule has 0 spiro atoms. The standard InChI is InChI=1S/C12H13FN2O/c13-11-7-8(5-6-14-11)12(16)15-9-3-1-2-4-10(9)15/h5-7,9-10H,1-4H2/t9-,10-/m0/s1. The number of aromatic nitrogens is 1. The summed E-state index contributed by atoms with van der Waals surface area (Å²) in [7, 11) is 0. The van der Waals surface area contributed by atoms with Crippen molar-refractivity contribution in [1.29, 1.82) is 0 Å². The van der Waals surface area contributed by atoms with Gasteiger partial charge in [0, 0.05) is 17.8 Å². The number of carbonyl (C=O) groups excluding carboxylic acids is 1. The van der Waals surface area contributed by atoms with Crippen molar-refractivity contribution in [1.82, 2.24) is 9.88 Å². The Bertz CT molecular complexity index is 423. The van der Waals surface area contributed by atoms with Gasteiger partial charge in [-0.05, 0) is 18.9 Å². The van der Waals surface area contributed by atoms with Crippen molar-refractivity contribution in [2.75, 3.05) is 0 Å². The molecule has 1 amide bonds. The number of pyridine rings is 1. The second-order valence-electron chi connectivity index (χ2n) is 4.50. The van der Waals surface area contributed by atoms with Gasteiger partial charge in [-0.3, -0.25) is 4.79 Å². The van der Waals surface area contributed by atoms with Crippen molar-refractivity contribution in [2.45, 2.75) is 37.8 Å². The van der Waals surface area contributed by atoms with Crippen LogP contribution >= 0.6 is 0 Å². The molecule has 2 atom stereocenters. The lowest BCUT2D eigenvalue weighted by Crippen LogP contribution is -2.15. The molecule has 1 aromatic rings. The molecule has 84 valence electrons. The first-order valence-electron chi connectivity index (χ1n) is 5.71. The minimum atomic E-state index is -0.587. The molecule has 1 saturated heterocycles. The monoisotopic (exact) mass is 220 g/mol. The molecule has 0 aromatic carbocycles. The summed E-state index contributed by atoms with van der Waals surface area (Å²) in [5, 5.41) is 0. The molecule has 3 rings (SSSR count). The van der Waals surface area contributed by atoms with Gasteiger partial charge in [0.15, 0.2) is 0 Å². The largest absolute Gasteiger partial charge is 0.329 e. The van der Waals surface area contributed by atoms with Crippen LogP contribution in [0.15, 0.2) is 18.3 Å². The summed E-state index contributed by atoms with van der Waals surface area (Å²) in [4.78, 5) is 17.4. The number of hydrogen-bond acceptors (Lipinski definition) is 2. The van der Waals surface area contributed by atoms with Crippen molar-refractivity contribution in [3.8, 4) is 0 Å². The SMILES string of the molecule is O=C(c1ccnc(F)c1)N1[C@H]2CCCC[C@@H]21. The Morgan fingerprint density at radius 3 is 2.69 bits per heavy atom. The van der Waals surface area contributed by atoms with Gasteiger partial charge < -0.3 is 4.90 Å². The number of amides is 1. The minimum Gasteiger partial charge on any atom is -0.329 e. The smallest absolute Gasteiger partial charge is 0.254 e. The quantitative estimate of drug-likeness (QED) is 0.535. The lowest BCUT2D eigenvalue weighted by atomic mass is 10.0. The number of rotatable bonds is 1. The van der Waals surface area contributed by atoms with E-state index in [2.05, 4.69) is 4.98 Å². The zero-order chi connectivity index (χ0) is 11.1. The van der Waals surface area contributed by atoms with E-state index in [0.717, 1.165) is 12.8 Å². The van der Waals surface area contributed by atoms with Crippen LogP contribution in [0.2, 0.25) is 0 Å². The number of halogens is 1. The van der Waals surface area contributed by atoms with Crippen LogP contribution in [-0.4, -0.2) is 27.9 Å². The second kappa shape index (κ2) is 3.54. The molecule has 2 heterocycles. The zero-order valence-electron chi connectivity index (χ0n) is 8.90. The Morgan fingerprint density at radius 1 is 1.38 bits per heavy atom. The van der Waals surface area contributed by atoms with Gasteiger partial charge >= 0.3 is 0 Å². The zero-order valence-corrected chi connectivity index (χ0v) is 8.90. The van der Waals surface area contributed by atoms with Crippen molar-refractivity contribution in [3.05, 3.63) is 29.8 Å². The first kappa shape index (κ1) is 9.75. The van der Waals surface area contributed by atoms with Crippen LogP contribution in [0.25, 0.3) is 0 Å². The maximum Gasteiger partial charge on any atom is 0.254 e. The van der Waals surface area contributed by atoms with Gasteiger partial charge in [-0.15, -0.1) is 0 Å². The van der Waals surface area contributed by atoms with Crippen LogP contribution < -0.4 is 0 Å². The summed E-state index contributed by atoms with van der Waals surface area (Å²) in [6, 6.07) is 3.62. The summed E-state index contributed by atoms with van der Waals surface area (Å²) < 4.78 is 12.9. The lowest BCUT2D eigenvalue weighted by molar-refractivity contribution is 0.0864. The Hall–Kier alpha value is -1.45. The normalized spacial score (nSPS) is 27.4. The van der Waals surface area contributed by atoms with Crippen molar-refractivity contribution < 1.29 is 9.18 Å². The van der Waals surface area contributed by atoms with E-state index in [0.29, 0.717) is 17.6 Å². The molecule has 4 heteroatoms. The molecule has 1 aliphatic heterocycles. The minimum absolute atomic E-state index is 0.0433. The van der Waals surface area contributed by atoms with Crippen molar-refractivity contribution >= 4 is 5.91 Å². The highest BCUT2D eigenvalue weighted by molar-refractivity contribution is 5.96. The molecule has 1 saturated carbocycles. The molecule has 1 aliphatic carbocycles. The van der Waals surface area contributed by atoms with Gasteiger partial charge in [-0.1, -0.05) is 12.8 Å². The number of nitrogens with zero attached hydrogens (tertiary/aromatic N) is 2. The third kappa shape index (κ3) is 1.49. The predicted octanol–water partition coefficient (Wildman–Crippen LogP) is 1.99. The molecule has 0 N–H and O–H groups in total. The third-order valence-electron chi connectivity index (χ3n) is 3.53. The van der Waals surface area contributed by atoms with Crippen LogP contribution in [0, 0.1) is 5.95 Å². The first-order chi connectivity index (χ1) is 7.77. The molecule has 0 radical (unpaired) electrons. The molecule has 2 fully saturated rings. The van der Waals surface area contributed by atoms with E-state index in [-0.39, 0.29) is 5.91 Å². The molecule has 2 aliphatic rings. The average Bonchev–Trinajstić information content (AvgIpc) is 3.02. The number of fused-ring (bicyclic) bond motifs is 1. The van der Waals surface area contributed by atoms with E-state index in [9.17, 15) is 9.18 Å². The summed E-state index contributed by atoms with van der Waals surface area (Å²) >= 11 is 0. The first-order valence-corrected chi connectivity index (χ1v) is 5.71. The van der Waals surface area contributed by atoms with Gasteiger partial charge in [0.05, 0.1) is 12.1 Å². The van der Waals surface area contributed by atoms with Gasteiger partial charge in [-0.25, -0.2) is 4.98 Å². The van der Waals surface area contributed by atoms with Gasteiger partial charge in [0.1, 0.15) is 0 Å². The van der Waals surface area contributed by atoms with E-state index in [4.69, 9.17) is 0 Å². The van der Waals surface area contributed by atoms with Crippen molar-refractivity contribution in [3.63, 3.8) is 0 Å². The van der Waals surface area contributed by atoms with Crippen molar-refractivity contribution in [2.24, 2.45) is 0 Å². The van der Waals surface area contributed by atoms with E-state index in [1.54, 1.807) is 6.07 Å². The summed E-state index contributed by atoms with van der Waals surface area (Å²) in [6.07, 6.45) is 5.95. The lowest BCUT2D eigenvalue weighted by Gasteiger charge is -2.03. The predicted molar refractivity (Wildman–Crippen MR) is 56.4 cm³/mol. The van der Waals surface area contributed by atoms with Gasteiger partial charge in [-0.2, -0.15) is 4.39 Å². The highest BCUT2D eigenvalue weighted by atomic mass is 19.1. The molecule has 0 bridgehead atoms. The Labute approximate surface area is 93.3 Å². The second-order valence-corrected chi connectivity index (χ2v) is 4.50. The van der Waals surface area contributed by atoms with E-state index >= 15 is 0 Å². The molecular formula is C12H13FN2O. The summed E-state index contributed by atoms with van der Waals surface area (Å²) in [6.45, 7) is 0. The molecule has 16 heavy (non-hydrogen) atoms. The average molecular weight is 220 g/mol. The van der Waals surface area contributed by atoms with Crippen LogP contribution in [0.1, 0.15) is 36.0 Å². The maximum atomic E-state index is 12.9. The number of carbonyl (C=O) groups is 1. The summed E-state index contributed by atoms with van der Waals surface area (Å²) in [5.41, 5.74) is 0.418. The fraction of sp³-hybridized carbons (Fsp3) is 0.500. The highest BCUT2D eigenvalue weighted by Crippen LogP contribution is 2.41. The Kier molecular flexibility index (Phi) is 2.16. The van der Waals surface area contributed by atoms with Crippen LogP contribution in [-0.2, 0) is 0 Å². The Balaban J connectivity index is 1.79.